The maximum atomic E-state index is 9.12. The van der Waals surface area contributed by atoms with Crippen molar-refractivity contribution in [2.75, 3.05) is 0 Å². The fourth-order valence-electron chi connectivity index (χ4n) is 6.05. The lowest BCUT2D eigenvalue weighted by Crippen LogP contribution is -1.90. The second kappa shape index (κ2) is 8.95. The summed E-state index contributed by atoms with van der Waals surface area (Å²) in [4.78, 5) is 0. The first-order chi connectivity index (χ1) is 24.1. The molecule has 9 rings (SSSR count). The summed E-state index contributed by atoms with van der Waals surface area (Å²) in [5, 5.41) is 3.67. The van der Waals surface area contributed by atoms with Gasteiger partial charge >= 0.3 is 0 Å². The largest absolute Gasteiger partial charge is 0.464 e. The van der Waals surface area contributed by atoms with E-state index in [1.807, 2.05) is 60.7 Å². The van der Waals surface area contributed by atoms with Gasteiger partial charge in [0.2, 0.25) is 0 Å². The van der Waals surface area contributed by atoms with E-state index in [9.17, 15) is 0 Å². The maximum Gasteiger partial charge on any atom is 0.139 e. The highest BCUT2D eigenvalue weighted by atomic mass is 16.3. The van der Waals surface area contributed by atoms with E-state index in [-0.39, 0.29) is 45.7 Å². The molecule has 0 aliphatic carbocycles. The van der Waals surface area contributed by atoms with E-state index in [1.54, 1.807) is 30.5 Å². The van der Waals surface area contributed by atoms with Crippen LogP contribution in [0.4, 0.5) is 0 Å². The molecule has 0 saturated heterocycles. The first-order valence-electron chi connectivity index (χ1n) is 17.6. The molecule has 2 aromatic heterocycles. The van der Waals surface area contributed by atoms with E-state index < -0.39 is 24.2 Å². The molecule has 2 heteroatoms. The molecule has 2 nitrogen and oxygen atoms in total. The van der Waals surface area contributed by atoms with Gasteiger partial charge in [0.05, 0.1) is 17.2 Å². The molecular weight excluding hydrogens is 512 g/mol. The van der Waals surface area contributed by atoms with Gasteiger partial charge in [0.1, 0.15) is 16.7 Å². The Kier molecular flexibility index (Phi) is 3.54. The summed E-state index contributed by atoms with van der Waals surface area (Å²) >= 11 is 0. The molecule has 0 aliphatic heterocycles. The van der Waals surface area contributed by atoms with Crippen LogP contribution in [0.2, 0.25) is 0 Å². The van der Waals surface area contributed by atoms with Gasteiger partial charge < -0.3 is 8.83 Å². The van der Waals surface area contributed by atoms with E-state index in [4.69, 9.17) is 19.8 Å². The molecular formula is C40H24O2. The van der Waals surface area contributed by atoms with Crippen molar-refractivity contribution in [1.29, 1.82) is 0 Å². The normalized spacial score (nSPS) is 14.5. The van der Waals surface area contributed by atoms with Crippen molar-refractivity contribution < 1.29 is 19.8 Å². The smallest absolute Gasteiger partial charge is 0.139 e. The first kappa shape index (κ1) is 16.6. The van der Waals surface area contributed by atoms with Gasteiger partial charge in [0.25, 0.3) is 0 Å². The Bertz CT molecular complexity index is 2810. The van der Waals surface area contributed by atoms with Crippen molar-refractivity contribution >= 4 is 54.5 Å². The lowest BCUT2D eigenvalue weighted by Gasteiger charge is -2.18. The number of rotatable bonds is 3. The minimum atomic E-state index is -0.423. The molecule has 0 N–H and O–H groups in total. The van der Waals surface area contributed by atoms with E-state index in [0.717, 1.165) is 44.0 Å². The van der Waals surface area contributed by atoms with Gasteiger partial charge in [-0.25, -0.2) is 0 Å². The van der Waals surface area contributed by atoms with E-state index in [2.05, 4.69) is 6.07 Å². The Morgan fingerprint density at radius 1 is 0.429 bits per heavy atom. The SMILES string of the molecule is [2H]c1c([2H])c([2H])c2c(-c3ccc(-c4ccc5oc6cc7occc7cc6c5c4)cc3)c3c([2H])c([2H])c([2H])c([2H])c3c(-c3ccccc3)c2c1[2H]. The fraction of sp³-hybridized carbons (Fsp3) is 0. The summed E-state index contributed by atoms with van der Waals surface area (Å²) in [6.45, 7) is 0. The van der Waals surface area contributed by atoms with Crippen LogP contribution in [0.1, 0.15) is 11.0 Å². The molecule has 0 spiro atoms. The highest BCUT2D eigenvalue weighted by Gasteiger charge is 2.17. The third-order valence-corrected chi connectivity index (χ3v) is 7.99. The number of benzene rings is 7. The zero-order chi connectivity index (χ0) is 34.6. The first-order valence-corrected chi connectivity index (χ1v) is 13.6. The third-order valence-electron chi connectivity index (χ3n) is 7.99. The molecule has 0 aliphatic rings. The average Bonchev–Trinajstić information content (AvgIpc) is 3.76. The van der Waals surface area contributed by atoms with Crippen LogP contribution in [0.25, 0.3) is 87.8 Å². The number of fused-ring (bicyclic) bond motifs is 6. The van der Waals surface area contributed by atoms with Gasteiger partial charge in [0, 0.05) is 22.2 Å². The second-order valence-electron chi connectivity index (χ2n) is 10.3. The summed E-state index contributed by atoms with van der Waals surface area (Å²) in [5.41, 5.74) is 5.81. The molecule has 7 aromatic carbocycles. The van der Waals surface area contributed by atoms with Gasteiger partial charge in [-0.1, -0.05) is 109 Å². The average molecular weight is 545 g/mol. The van der Waals surface area contributed by atoms with Crippen LogP contribution in [0.3, 0.4) is 0 Å². The van der Waals surface area contributed by atoms with Gasteiger partial charge in [0.15, 0.2) is 0 Å². The van der Waals surface area contributed by atoms with Crippen LogP contribution < -0.4 is 0 Å². The molecule has 9 aromatic rings. The van der Waals surface area contributed by atoms with Gasteiger partial charge in [-0.2, -0.15) is 0 Å². The zero-order valence-electron chi connectivity index (χ0n) is 30.1. The van der Waals surface area contributed by atoms with Crippen molar-refractivity contribution in [2.45, 2.75) is 0 Å². The van der Waals surface area contributed by atoms with Crippen LogP contribution in [-0.4, -0.2) is 0 Å². The number of hydrogen-bond donors (Lipinski definition) is 0. The number of furan rings is 2. The van der Waals surface area contributed by atoms with E-state index >= 15 is 0 Å². The molecule has 0 saturated carbocycles. The lowest BCUT2D eigenvalue weighted by atomic mass is 9.86. The molecule has 0 unspecified atom stereocenters. The quantitative estimate of drug-likeness (QED) is 0.207. The van der Waals surface area contributed by atoms with Crippen LogP contribution in [-0.2, 0) is 0 Å². The maximum absolute atomic E-state index is 9.12. The monoisotopic (exact) mass is 544 g/mol. The topological polar surface area (TPSA) is 26.3 Å². The molecule has 196 valence electrons. The minimum Gasteiger partial charge on any atom is -0.464 e. The van der Waals surface area contributed by atoms with Crippen molar-refractivity contribution in [2.24, 2.45) is 0 Å². The molecule has 0 amide bonds. The Balaban J connectivity index is 1.33. The third kappa shape index (κ3) is 3.45. The van der Waals surface area contributed by atoms with Crippen molar-refractivity contribution in [3.05, 3.63) is 146 Å². The molecule has 0 fully saturated rings. The van der Waals surface area contributed by atoms with E-state index in [0.29, 0.717) is 22.3 Å². The highest BCUT2D eigenvalue weighted by molar-refractivity contribution is 6.21. The van der Waals surface area contributed by atoms with Gasteiger partial charge in [-0.3, -0.25) is 0 Å². The molecule has 2 heterocycles. The summed E-state index contributed by atoms with van der Waals surface area (Å²) in [5.74, 6) is 0. The highest BCUT2D eigenvalue weighted by Crippen LogP contribution is 2.44. The van der Waals surface area contributed by atoms with Crippen LogP contribution in [0.15, 0.2) is 154 Å². The van der Waals surface area contributed by atoms with Crippen LogP contribution in [0, 0.1) is 0 Å². The fourth-order valence-corrected chi connectivity index (χ4v) is 6.05. The van der Waals surface area contributed by atoms with Gasteiger partial charge in [-0.15, -0.1) is 0 Å². The Labute approximate surface area is 253 Å². The minimum absolute atomic E-state index is 0.192. The predicted molar refractivity (Wildman–Crippen MR) is 175 cm³/mol. The summed E-state index contributed by atoms with van der Waals surface area (Å²) in [6.07, 6.45) is 1.65. The molecule has 0 radical (unpaired) electrons. The van der Waals surface area contributed by atoms with Gasteiger partial charge in [-0.05, 0) is 79.2 Å². The molecule has 0 atom stereocenters. The standard InChI is InChI=1S/C40H24O2/c1-2-8-26(9-3-1)39-30-10-4-6-12-32(30)40(33-13-7-5-11-31(33)39)27-16-14-25(15-17-27)28-18-19-36-34(22-28)35-23-29-20-21-41-37(29)24-38(35)42-36/h1-24H/i4D,5D,6D,7D,10D,11D,12D,13D. The Hall–Kier alpha value is -5.60. The Morgan fingerprint density at radius 2 is 1.00 bits per heavy atom. The summed E-state index contributed by atoms with van der Waals surface area (Å²) < 4.78 is 82.4. The van der Waals surface area contributed by atoms with Crippen molar-refractivity contribution in [3.63, 3.8) is 0 Å². The van der Waals surface area contributed by atoms with Crippen LogP contribution in [0.5, 0.6) is 0 Å². The van der Waals surface area contributed by atoms with Crippen LogP contribution >= 0.6 is 0 Å². The second-order valence-corrected chi connectivity index (χ2v) is 10.3. The van der Waals surface area contributed by atoms with Crippen molar-refractivity contribution in [1.82, 2.24) is 0 Å². The lowest BCUT2D eigenvalue weighted by molar-refractivity contribution is 0.613. The van der Waals surface area contributed by atoms with Crippen molar-refractivity contribution in [3.8, 4) is 33.4 Å². The zero-order valence-corrected chi connectivity index (χ0v) is 22.1. The number of hydrogen-bond acceptors (Lipinski definition) is 2. The summed E-state index contributed by atoms with van der Waals surface area (Å²) in [7, 11) is 0. The Morgan fingerprint density at radius 3 is 1.67 bits per heavy atom. The van der Waals surface area contributed by atoms with E-state index in [1.165, 1.54) is 0 Å². The predicted octanol–water partition coefficient (Wildman–Crippen LogP) is 11.6. The molecule has 0 bridgehead atoms. The molecule has 42 heavy (non-hydrogen) atoms. The summed E-state index contributed by atoms with van der Waals surface area (Å²) in [6, 6.07) is 25.5.